The molecule has 2 aromatic carbocycles. The number of hydrogen-bond acceptors (Lipinski definition) is 2. The van der Waals surface area contributed by atoms with Crippen LogP contribution in [0.5, 0.6) is 5.75 Å². The highest BCUT2D eigenvalue weighted by Crippen LogP contribution is 2.30. The summed E-state index contributed by atoms with van der Waals surface area (Å²) in [6.45, 7) is 2.56. The molecule has 0 saturated carbocycles. The summed E-state index contributed by atoms with van der Waals surface area (Å²) in [5.74, 6) is 0.782. The van der Waals surface area contributed by atoms with Crippen molar-refractivity contribution in [3.05, 3.63) is 61.6 Å². The van der Waals surface area contributed by atoms with Gasteiger partial charge in [-0.05, 0) is 71.0 Å². The molecule has 0 aliphatic heterocycles. The summed E-state index contributed by atoms with van der Waals surface area (Å²) >= 11 is 5.67. The van der Waals surface area contributed by atoms with Crippen LogP contribution in [-0.4, -0.2) is 11.7 Å². The summed E-state index contributed by atoms with van der Waals surface area (Å²) in [4.78, 5) is 0. The molecule has 0 saturated heterocycles. The fourth-order valence-electron chi connectivity index (χ4n) is 1.84. The Morgan fingerprint density at radius 2 is 2.05 bits per heavy atom. The Hall–Kier alpha value is -0.590. The predicted octanol–water partition coefficient (Wildman–Crippen LogP) is 4.53. The lowest BCUT2D eigenvalue weighted by atomic mass is 10.0. The maximum Gasteiger partial charge on any atom is 0.119 e. The number of ether oxygens (including phenoxy) is 1. The Labute approximate surface area is 135 Å². The number of aliphatic hydroxyl groups is 1. The van der Waals surface area contributed by atoms with Gasteiger partial charge in [0, 0.05) is 8.04 Å². The molecule has 0 bridgehead atoms. The van der Waals surface area contributed by atoms with Gasteiger partial charge in [0.05, 0.1) is 6.61 Å². The first-order valence-corrected chi connectivity index (χ1v) is 7.84. The maximum absolute atomic E-state index is 10.5. The van der Waals surface area contributed by atoms with E-state index in [1.54, 1.807) is 0 Å². The number of halogens is 2. The van der Waals surface area contributed by atoms with Crippen LogP contribution >= 0.6 is 38.5 Å². The summed E-state index contributed by atoms with van der Waals surface area (Å²) in [6, 6.07) is 13.5. The molecule has 2 nitrogen and oxygen atoms in total. The van der Waals surface area contributed by atoms with Gasteiger partial charge in [-0.3, -0.25) is 0 Å². The van der Waals surface area contributed by atoms with Gasteiger partial charge < -0.3 is 9.84 Å². The van der Waals surface area contributed by atoms with Gasteiger partial charge in [-0.2, -0.15) is 0 Å². The Bertz CT molecular complexity index is 572. The third-order valence-electron chi connectivity index (χ3n) is 2.74. The summed E-state index contributed by atoms with van der Waals surface area (Å²) in [5.41, 5.74) is 1.73. The van der Waals surface area contributed by atoms with Crippen molar-refractivity contribution in [2.45, 2.75) is 13.0 Å². The average Bonchev–Trinajstić information content (AvgIpc) is 2.41. The summed E-state index contributed by atoms with van der Waals surface area (Å²) in [6.07, 6.45) is -0.648. The molecule has 2 aromatic rings. The van der Waals surface area contributed by atoms with Crippen molar-refractivity contribution in [3.8, 4) is 5.75 Å². The molecule has 1 N–H and O–H groups in total. The zero-order chi connectivity index (χ0) is 13.8. The molecule has 19 heavy (non-hydrogen) atoms. The molecule has 1 unspecified atom stereocenters. The van der Waals surface area contributed by atoms with Crippen LogP contribution in [0.15, 0.2) is 46.9 Å². The van der Waals surface area contributed by atoms with Crippen molar-refractivity contribution >= 4 is 38.5 Å². The molecule has 0 amide bonds. The van der Waals surface area contributed by atoms with E-state index in [1.807, 2.05) is 49.4 Å². The Morgan fingerprint density at radius 1 is 1.26 bits per heavy atom. The van der Waals surface area contributed by atoms with E-state index in [-0.39, 0.29) is 0 Å². The van der Waals surface area contributed by atoms with Crippen LogP contribution in [0, 0.1) is 3.57 Å². The normalized spacial score (nSPS) is 12.2. The molecule has 0 radical (unpaired) electrons. The largest absolute Gasteiger partial charge is 0.494 e. The van der Waals surface area contributed by atoms with E-state index in [0.29, 0.717) is 6.61 Å². The second-order valence-corrected chi connectivity index (χ2v) is 6.15. The van der Waals surface area contributed by atoms with Crippen LogP contribution in [0.3, 0.4) is 0 Å². The Kier molecular flexibility index (Phi) is 5.24. The van der Waals surface area contributed by atoms with Crippen LogP contribution in [0.2, 0.25) is 0 Å². The third kappa shape index (κ3) is 3.70. The number of benzene rings is 2. The van der Waals surface area contributed by atoms with E-state index < -0.39 is 6.10 Å². The van der Waals surface area contributed by atoms with Gasteiger partial charge in [0.1, 0.15) is 11.9 Å². The first-order chi connectivity index (χ1) is 9.11. The SMILES string of the molecule is CCOc1cccc(C(O)c2cc(Br)ccc2I)c1. The molecule has 0 aromatic heterocycles. The van der Waals surface area contributed by atoms with Crippen LogP contribution in [0.25, 0.3) is 0 Å². The maximum atomic E-state index is 10.5. The smallest absolute Gasteiger partial charge is 0.119 e. The van der Waals surface area contributed by atoms with Crippen molar-refractivity contribution < 1.29 is 9.84 Å². The van der Waals surface area contributed by atoms with Crippen molar-refractivity contribution in [1.82, 2.24) is 0 Å². The molecular formula is C15H14BrIO2. The lowest BCUT2D eigenvalue weighted by Crippen LogP contribution is -2.03. The predicted molar refractivity (Wildman–Crippen MR) is 88.5 cm³/mol. The molecule has 100 valence electrons. The van der Waals surface area contributed by atoms with E-state index in [4.69, 9.17) is 4.74 Å². The molecular weight excluding hydrogens is 419 g/mol. The molecule has 1 atom stereocenters. The molecule has 0 aliphatic carbocycles. The minimum absolute atomic E-state index is 0.619. The van der Waals surface area contributed by atoms with E-state index in [9.17, 15) is 5.11 Å². The average molecular weight is 433 g/mol. The molecule has 2 rings (SSSR count). The summed E-state index contributed by atoms with van der Waals surface area (Å²) in [5, 5.41) is 10.5. The van der Waals surface area contributed by atoms with Crippen molar-refractivity contribution in [1.29, 1.82) is 0 Å². The standard InChI is InChI=1S/C15H14BrIO2/c1-2-19-12-5-3-4-10(8-12)15(18)13-9-11(16)6-7-14(13)17/h3-9,15,18H,2H2,1H3. The van der Waals surface area contributed by atoms with Crippen molar-refractivity contribution in [3.63, 3.8) is 0 Å². The van der Waals surface area contributed by atoms with Crippen LogP contribution in [0.4, 0.5) is 0 Å². The highest BCUT2D eigenvalue weighted by Gasteiger charge is 2.14. The lowest BCUT2D eigenvalue weighted by molar-refractivity contribution is 0.218. The van der Waals surface area contributed by atoms with Crippen molar-refractivity contribution in [2.24, 2.45) is 0 Å². The zero-order valence-electron chi connectivity index (χ0n) is 10.4. The van der Waals surface area contributed by atoms with Gasteiger partial charge in [-0.25, -0.2) is 0 Å². The lowest BCUT2D eigenvalue weighted by Gasteiger charge is -2.15. The molecule has 0 heterocycles. The summed E-state index contributed by atoms with van der Waals surface area (Å²) < 4.78 is 7.46. The van der Waals surface area contributed by atoms with Crippen molar-refractivity contribution in [2.75, 3.05) is 6.61 Å². The monoisotopic (exact) mass is 432 g/mol. The number of aliphatic hydroxyl groups excluding tert-OH is 1. The molecule has 0 fully saturated rings. The van der Waals surface area contributed by atoms with Gasteiger partial charge in [-0.15, -0.1) is 0 Å². The van der Waals surface area contributed by atoms with Crippen LogP contribution < -0.4 is 4.74 Å². The second-order valence-electron chi connectivity index (χ2n) is 4.07. The van der Waals surface area contributed by atoms with Gasteiger partial charge in [0.25, 0.3) is 0 Å². The first kappa shape index (κ1) is 14.8. The van der Waals surface area contributed by atoms with Gasteiger partial charge in [0.15, 0.2) is 0 Å². The van der Waals surface area contributed by atoms with E-state index in [2.05, 4.69) is 38.5 Å². The molecule has 0 spiro atoms. The highest BCUT2D eigenvalue weighted by molar-refractivity contribution is 14.1. The van der Waals surface area contributed by atoms with Crippen LogP contribution in [0.1, 0.15) is 24.2 Å². The topological polar surface area (TPSA) is 29.5 Å². The molecule has 4 heteroatoms. The van der Waals surface area contributed by atoms with Gasteiger partial charge >= 0.3 is 0 Å². The quantitative estimate of drug-likeness (QED) is 0.719. The minimum Gasteiger partial charge on any atom is -0.494 e. The second kappa shape index (κ2) is 6.72. The van der Waals surface area contributed by atoms with Crippen LogP contribution in [-0.2, 0) is 0 Å². The third-order valence-corrected chi connectivity index (χ3v) is 4.21. The fourth-order valence-corrected chi connectivity index (χ4v) is 2.85. The van der Waals surface area contributed by atoms with E-state index >= 15 is 0 Å². The van der Waals surface area contributed by atoms with E-state index in [0.717, 1.165) is 24.9 Å². The minimum atomic E-state index is -0.648. The highest BCUT2D eigenvalue weighted by atomic mass is 127. The Morgan fingerprint density at radius 3 is 2.79 bits per heavy atom. The number of rotatable bonds is 4. The number of hydrogen-bond donors (Lipinski definition) is 1. The molecule has 0 aliphatic rings. The van der Waals surface area contributed by atoms with Gasteiger partial charge in [-0.1, -0.05) is 28.1 Å². The zero-order valence-corrected chi connectivity index (χ0v) is 14.2. The summed E-state index contributed by atoms with van der Waals surface area (Å²) in [7, 11) is 0. The Balaban J connectivity index is 2.35. The van der Waals surface area contributed by atoms with Gasteiger partial charge in [0.2, 0.25) is 0 Å². The van der Waals surface area contributed by atoms with E-state index in [1.165, 1.54) is 0 Å². The fraction of sp³-hybridized carbons (Fsp3) is 0.200. The first-order valence-electron chi connectivity index (χ1n) is 5.97.